The molecule has 0 aliphatic carbocycles. The van der Waals surface area contributed by atoms with Gasteiger partial charge in [0, 0.05) is 36.7 Å². The van der Waals surface area contributed by atoms with Crippen LogP contribution in [0.1, 0.15) is 29.7 Å². The molecule has 1 atom stereocenters. The molecule has 0 aromatic heterocycles. The number of allylic oxidation sites excluding steroid dienone is 1. The summed E-state index contributed by atoms with van der Waals surface area (Å²) >= 11 is 0. The molecule has 0 saturated carbocycles. The van der Waals surface area contributed by atoms with E-state index in [0.717, 1.165) is 53.2 Å². The number of fused-ring (bicyclic) bond motifs is 1. The van der Waals surface area contributed by atoms with Crippen molar-refractivity contribution >= 4 is 23.6 Å². The van der Waals surface area contributed by atoms with Gasteiger partial charge in [0.05, 0.1) is 6.67 Å². The molecule has 1 fully saturated rings. The van der Waals surface area contributed by atoms with Crippen LogP contribution in [0.4, 0.5) is 4.39 Å². The highest BCUT2D eigenvalue weighted by Crippen LogP contribution is 2.47. The van der Waals surface area contributed by atoms with E-state index in [1.54, 1.807) is 30.3 Å². The standard InChI is InChI=1S/C28H28FNO4.ClH/c1-18-25-14-23(32)7-10-26(25)34-28(27(18)21-3-2-4-22(31)13-21)20-5-8-24(9-6-20)33-12-11-30-16-19(15-29)17-30;/h2-10,13-14,19,28,31-32H,11-12,15-17H2,1H3;1H/t28-;/m0./s1. The highest BCUT2D eigenvalue weighted by Gasteiger charge is 2.30. The Kier molecular flexibility index (Phi) is 7.53. The molecule has 2 aliphatic heterocycles. The van der Waals surface area contributed by atoms with Gasteiger partial charge in [0.25, 0.3) is 0 Å². The molecule has 184 valence electrons. The van der Waals surface area contributed by atoms with E-state index >= 15 is 0 Å². The van der Waals surface area contributed by atoms with Crippen LogP contribution < -0.4 is 9.47 Å². The Morgan fingerprint density at radius 2 is 1.74 bits per heavy atom. The van der Waals surface area contributed by atoms with Crippen LogP contribution in [0.25, 0.3) is 11.1 Å². The Bertz CT molecular complexity index is 1210. The van der Waals surface area contributed by atoms with E-state index in [9.17, 15) is 14.6 Å². The molecule has 2 N–H and O–H groups in total. The van der Waals surface area contributed by atoms with Crippen LogP contribution in [0.15, 0.2) is 66.7 Å². The first-order chi connectivity index (χ1) is 16.5. The molecule has 3 aromatic carbocycles. The van der Waals surface area contributed by atoms with Gasteiger partial charge in [0.15, 0.2) is 0 Å². The molecular formula is C28H29ClFNO4. The van der Waals surface area contributed by atoms with Crippen LogP contribution in [0.2, 0.25) is 0 Å². The molecule has 0 bridgehead atoms. The number of hydrogen-bond donors (Lipinski definition) is 2. The maximum absolute atomic E-state index is 12.6. The normalized spacial score (nSPS) is 17.7. The SMILES string of the molecule is CC1=C(c2cccc(O)c2)[C@H](c2ccc(OCCN3CC(CF)C3)cc2)Oc2ccc(O)cc21.Cl. The van der Waals surface area contributed by atoms with Gasteiger partial charge < -0.3 is 19.7 Å². The van der Waals surface area contributed by atoms with Gasteiger partial charge in [-0.25, -0.2) is 0 Å². The Morgan fingerprint density at radius 1 is 1.00 bits per heavy atom. The van der Waals surface area contributed by atoms with E-state index in [1.165, 1.54) is 0 Å². The number of hydrogen-bond acceptors (Lipinski definition) is 5. The van der Waals surface area contributed by atoms with Crippen molar-refractivity contribution in [1.29, 1.82) is 0 Å². The van der Waals surface area contributed by atoms with E-state index in [0.29, 0.717) is 12.4 Å². The summed E-state index contributed by atoms with van der Waals surface area (Å²) < 4.78 is 24.9. The molecule has 7 heteroatoms. The molecule has 0 spiro atoms. The minimum absolute atomic E-state index is 0. The number of rotatable bonds is 7. The number of halogens is 2. The first-order valence-corrected chi connectivity index (χ1v) is 11.5. The molecule has 2 aliphatic rings. The van der Waals surface area contributed by atoms with Gasteiger partial charge in [-0.15, -0.1) is 12.4 Å². The Hall–Kier alpha value is -3.22. The predicted octanol–water partition coefficient (Wildman–Crippen LogP) is 5.86. The number of nitrogens with zero attached hydrogens (tertiary/aromatic N) is 1. The van der Waals surface area contributed by atoms with Gasteiger partial charge in [0.1, 0.15) is 35.7 Å². The summed E-state index contributed by atoms with van der Waals surface area (Å²) in [6.07, 6.45) is -0.383. The lowest BCUT2D eigenvalue weighted by atomic mass is 9.86. The van der Waals surface area contributed by atoms with Crippen LogP contribution in [0, 0.1) is 5.92 Å². The fraction of sp³-hybridized carbons (Fsp3) is 0.286. The maximum Gasteiger partial charge on any atom is 0.150 e. The molecule has 3 aromatic rings. The van der Waals surface area contributed by atoms with Crippen LogP contribution >= 0.6 is 12.4 Å². The Labute approximate surface area is 210 Å². The maximum atomic E-state index is 12.6. The van der Waals surface area contributed by atoms with Crippen LogP contribution in [0.5, 0.6) is 23.0 Å². The van der Waals surface area contributed by atoms with Crippen LogP contribution in [-0.4, -0.2) is 48.0 Å². The smallest absolute Gasteiger partial charge is 0.150 e. The molecule has 0 amide bonds. The number of phenolic OH excluding ortho intramolecular Hbond substituents is 2. The number of phenols is 2. The fourth-order valence-corrected chi connectivity index (χ4v) is 4.71. The fourth-order valence-electron chi connectivity index (χ4n) is 4.71. The largest absolute Gasteiger partial charge is 0.508 e. The number of benzene rings is 3. The molecule has 1 saturated heterocycles. The minimum Gasteiger partial charge on any atom is -0.508 e. The van der Waals surface area contributed by atoms with Crippen molar-refractivity contribution in [3.63, 3.8) is 0 Å². The monoisotopic (exact) mass is 497 g/mol. The van der Waals surface area contributed by atoms with E-state index in [1.807, 2.05) is 43.3 Å². The van der Waals surface area contributed by atoms with Crippen molar-refractivity contribution in [2.75, 3.05) is 32.9 Å². The molecular weight excluding hydrogens is 469 g/mol. The van der Waals surface area contributed by atoms with Crippen molar-refractivity contribution in [2.24, 2.45) is 5.92 Å². The number of alkyl halides is 1. The van der Waals surface area contributed by atoms with Crippen molar-refractivity contribution in [1.82, 2.24) is 4.90 Å². The third-order valence-electron chi connectivity index (χ3n) is 6.55. The van der Waals surface area contributed by atoms with E-state index in [2.05, 4.69) is 4.90 Å². The quantitative estimate of drug-likeness (QED) is 0.428. The summed E-state index contributed by atoms with van der Waals surface area (Å²) in [6.45, 7) is 4.72. The average Bonchev–Trinajstić information content (AvgIpc) is 2.81. The number of aromatic hydroxyl groups is 2. The Balaban J connectivity index is 0.00000289. The first-order valence-electron chi connectivity index (χ1n) is 11.5. The summed E-state index contributed by atoms with van der Waals surface area (Å²) in [5.41, 5.74) is 4.56. The number of ether oxygens (including phenoxy) is 2. The van der Waals surface area contributed by atoms with Gasteiger partial charge in [0.2, 0.25) is 0 Å². The molecule has 0 unspecified atom stereocenters. The van der Waals surface area contributed by atoms with E-state index in [4.69, 9.17) is 9.47 Å². The van der Waals surface area contributed by atoms with E-state index in [-0.39, 0.29) is 42.6 Å². The topological polar surface area (TPSA) is 62.2 Å². The lowest BCUT2D eigenvalue weighted by molar-refractivity contribution is 0.0668. The lowest BCUT2D eigenvalue weighted by Gasteiger charge is -2.37. The van der Waals surface area contributed by atoms with Gasteiger partial charge in [-0.1, -0.05) is 24.3 Å². The summed E-state index contributed by atoms with van der Waals surface area (Å²) in [6, 6.07) is 20.1. The molecule has 5 nitrogen and oxygen atoms in total. The van der Waals surface area contributed by atoms with Crippen molar-refractivity contribution in [3.8, 4) is 23.0 Å². The first kappa shape index (κ1) is 24.9. The van der Waals surface area contributed by atoms with Crippen LogP contribution in [-0.2, 0) is 0 Å². The second-order valence-electron chi connectivity index (χ2n) is 8.96. The van der Waals surface area contributed by atoms with Crippen molar-refractivity contribution in [2.45, 2.75) is 13.0 Å². The summed E-state index contributed by atoms with van der Waals surface area (Å²) in [5, 5.41) is 20.1. The lowest BCUT2D eigenvalue weighted by Crippen LogP contribution is -2.49. The zero-order valence-corrected chi connectivity index (χ0v) is 20.3. The van der Waals surface area contributed by atoms with Crippen molar-refractivity contribution < 1.29 is 24.1 Å². The van der Waals surface area contributed by atoms with E-state index < -0.39 is 0 Å². The summed E-state index contributed by atoms with van der Waals surface area (Å²) in [4.78, 5) is 2.19. The highest BCUT2D eigenvalue weighted by molar-refractivity contribution is 5.95. The van der Waals surface area contributed by atoms with Crippen molar-refractivity contribution in [3.05, 3.63) is 83.4 Å². The van der Waals surface area contributed by atoms with Gasteiger partial charge in [-0.05, 0) is 66.1 Å². The average molecular weight is 498 g/mol. The molecule has 35 heavy (non-hydrogen) atoms. The molecule has 2 heterocycles. The molecule has 5 rings (SSSR count). The molecule has 0 radical (unpaired) electrons. The van der Waals surface area contributed by atoms with Gasteiger partial charge >= 0.3 is 0 Å². The second kappa shape index (κ2) is 10.6. The summed E-state index contributed by atoms with van der Waals surface area (Å²) in [7, 11) is 0. The van der Waals surface area contributed by atoms with Crippen LogP contribution in [0.3, 0.4) is 0 Å². The third-order valence-corrected chi connectivity index (χ3v) is 6.55. The minimum atomic E-state index is -0.383. The van der Waals surface area contributed by atoms with Gasteiger partial charge in [-0.3, -0.25) is 9.29 Å². The highest BCUT2D eigenvalue weighted by atomic mass is 35.5. The Morgan fingerprint density at radius 3 is 2.46 bits per heavy atom. The number of likely N-dealkylation sites (tertiary alicyclic amines) is 1. The zero-order valence-electron chi connectivity index (χ0n) is 19.5. The zero-order chi connectivity index (χ0) is 23.7. The second-order valence-corrected chi connectivity index (χ2v) is 8.96. The predicted molar refractivity (Wildman–Crippen MR) is 137 cm³/mol. The third kappa shape index (κ3) is 5.24. The van der Waals surface area contributed by atoms with Gasteiger partial charge in [-0.2, -0.15) is 0 Å². The summed E-state index contributed by atoms with van der Waals surface area (Å²) in [5.74, 6) is 2.01.